The van der Waals surface area contributed by atoms with E-state index in [-0.39, 0.29) is 64.3 Å². The zero-order chi connectivity index (χ0) is 61.9. The third-order valence-corrected chi connectivity index (χ3v) is 20.1. The summed E-state index contributed by atoms with van der Waals surface area (Å²) in [4.78, 5) is 136. The lowest BCUT2D eigenvalue weighted by Gasteiger charge is -2.23. The van der Waals surface area contributed by atoms with Crippen molar-refractivity contribution < 1.29 is 53.2 Å². The highest BCUT2D eigenvalue weighted by Crippen LogP contribution is 2.40. The summed E-state index contributed by atoms with van der Waals surface area (Å²) in [5.41, 5.74) is 8.23. The third-order valence-electron chi connectivity index (χ3n) is 14.3. The van der Waals surface area contributed by atoms with Gasteiger partial charge in [-0.1, -0.05) is 44.2 Å². The Kier molecular flexibility index (Phi) is 18.6. The molecule has 8 aromatic rings. The maximum absolute atomic E-state index is 14.4. The molecule has 1 saturated heterocycles. The van der Waals surface area contributed by atoms with Gasteiger partial charge >= 0.3 is 0 Å². The second kappa shape index (κ2) is 26.6. The quantitative estimate of drug-likeness (QED) is 0.0787. The van der Waals surface area contributed by atoms with Crippen molar-refractivity contribution in [2.24, 2.45) is 16.6 Å². The maximum atomic E-state index is 14.4. The SMILES string of the molecule is CNC(=O)C[C@H]1NC(=O)c2csc(n2)-c2ccc(-c3nc(C4=N[C@@H](C(=O)N5CCC[C@@H]5C(N)=O)CO4)cs3)nc2-c2csc(n2)-c2csc(n2)[C@@H]([C@H](O)c2ccccc2)NC(=O)CNC(=O)c2nc(sc2COC)[C@H](C(C)C)NC(=O)c2nc1sc2CO. The van der Waals surface area contributed by atoms with Crippen molar-refractivity contribution in [2.45, 2.75) is 82.6 Å². The molecule has 11 rings (SSSR count). The summed E-state index contributed by atoms with van der Waals surface area (Å²) in [6.07, 6.45) is -0.478. The summed E-state index contributed by atoms with van der Waals surface area (Å²) in [6.45, 7) is 2.84. The van der Waals surface area contributed by atoms with E-state index in [1.165, 1.54) is 53.1 Å². The molecule has 0 saturated carbocycles. The topological polar surface area (TPSA) is 370 Å². The van der Waals surface area contributed by atoms with Gasteiger partial charge in [0.2, 0.25) is 23.6 Å². The van der Waals surface area contributed by atoms with Crippen molar-refractivity contribution in [3.05, 3.63) is 117 Å². The number of nitrogens with zero attached hydrogens (tertiary/aromatic N) is 9. The van der Waals surface area contributed by atoms with Gasteiger partial charge in [-0.2, -0.15) is 0 Å². The Hall–Kier alpha value is -8.21. The normalized spacial score (nSPS) is 19.5. The number of ether oxygens (including phenoxy) is 2. The maximum Gasteiger partial charge on any atom is 0.271 e. The van der Waals surface area contributed by atoms with Gasteiger partial charge in [0.05, 0.1) is 53.7 Å². The average molecular weight is 1310 g/mol. The van der Waals surface area contributed by atoms with Gasteiger partial charge in [0.1, 0.15) is 94.7 Å². The molecule has 3 aliphatic heterocycles. The molecular formula is C56H55N15O11S6. The van der Waals surface area contributed by atoms with Crippen LogP contribution >= 0.6 is 68.0 Å². The zero-order valence-corrected chi connectivity index (χ0v) is 52.1. The standard InChI is InChI=1S/C56H55N15O11S6/c1-24(2)39-55-70-42(36(88-55)19-81-4)47(78)59-16-38(74)67-43(44(75)25-9-6-5-7-10-25)54-66-33(23-86-54)52-63-30(20-84-52)40-26(50-64-31(21-83-50)46(77)61-28(15-37(73)58-3)53-69-41(48(79)68-39)35(17-72)87-53)12-13-27(60-40)51-65-32(22-85-51)49-62-29(18-82-49)56(80)71-14-8-11-34(71)45(57)76/h5-7,9-10,12-13,20-24,28-29,34,39,43-44,72,75H,8,11,14-19H2,1-4H3,(H2,57,76)(H,58,73)(H,59,78)(H,61,77)(H,67,74)(H,68,79)/t28-,29-,34-,39+,43-,44-/m1/s1. The van der Waals surface area contributed by atoms with Gasteiger partial charge in [-0.25, -0.2) is 39.9 Å². The van der Waals surface area contributed by atoms with E-state index in [0.29, 0.717) is 88.9 Å². The first-order valence-corrected chi connectivity index (χ1v) is 32.5. The molecule has 1 aromatic carbocycles. The van der Waals surface area contributed by atoms with E-state index in [1.54, 1.807) is 64.0 Å². The van der Waals surface area contributed by atoms with Crippen LogP contribution in [0.15, 0.2) is 69.0 Å². The van der Waals surface area contributed by atoms with Crippen LogP contribution in [0.1, 0.15) is 125 Å². The average Bonchev–Trinajstić information content (AvgIpc) is 2.35. The van der Waals surface area contributed by atoms with Gasteiger partial charge in [-0.05, 0) is 36.5 Å². The van der Waals surface area contributed by atoms with Gasteiger partial charge in [0.25, 0.3) is 23.6 Å². The molecule has 6 atom stereocenters. The van der Waals surface area contributed by atoms with Gasteiger partial charge in [-0.15, -0.1) is 68.0 Å². The van der Waals surface area contributed by atoms with Gasteiger partial charge in [0, 0.05) is 47.8 Å². The molecule has 32 heteroatoms. The number of hydrogen-bond donors (Lipinski definition) is 8. The zero-order valence-electron chi connectivity index (χ0n) is 47.2. The highest BCUT2D eigenvalue weighted by Gasteiger charge is 2.39. The predicted molar refractivity (Wildman–Crippen MR) is 328 cm³/mol. The first kappa shape index (κ1) is 61.4. The monoisotopic (exact) mass is 1310 g/mol. The van der Waals surface area contributed by atoms with Gasteiger partial charge in [0.15, 0.2) is 6.04 Å². The summed E-state index contributed by atoms with van der Waals surface area (Å²) in [5, 5.41) is 45.3. The molecule has 10 heterocycles. The molecule has 7 aromatic heterocycles. The van der Waals surface area contributed by atoms with Crippen LogP contribution in [-0.4, -0.2) is 143 Å². The predicted octanol–water partition coefficient (Wildman–Crippen LogP) is 5.12. The summed E-state index contributed by atoms with van der Waals surface area (Å²) in [5.74, 6) is -4.30. The lowest BCUT2D eigenvalue weighted by atomic mass is 10.0. The number of fused-ring (bicyclic) bond motifs is 14. The van der Waals surface area contributed by atoms with E-state index in [1.807, 2.05) is 13.8 Å². The lowest BCUT2D eigenvalue weighted by Crippen LogP contribution is -2.47. The van der Waals surface area contributed by atoms with Crippen LogP contribution in [0.5, 0.6) is 0 Å². The number of primary amides is 1. The lowest BCUT2D eigenvalue weighted by molar-refractivity contribution is -0.138. The minimum atomic E-state index is -1.30. The van der Waals surface area contributed by atoms with Crippen molar-refractivity contribution in [2.75, 3.05) is 33.9 Å². The van der Waals surface area contributed by atoms with Crippen molar-refractivity contribution in [1.82, 2.24) is 66.4 Å². The van der Waals surface area contributed by atoms with Crippen LogP contribution in [-0.2, 0) is 41.9 Å². The number of aliphatic hydroxyl groups is 2. The number of nitrogens with two attached hydrogens (primary N) is 1. The van der Waals surface area contributed by atoms with E-state index in [0.717, 1.165) is 34.0 Å². The number of rotatable bonds is 12. The van der Waals surface area contributed by atoms with Crippen LogP contribution in [0.4, 0.5) is 0 Å². The smallest absolute Gasteiger partial charge is 0.271 e. The number of aromatic nitrogens is 7. The number of aliphatic hydroxyl groups excluding tert-OH is 2. The fraction of sp³-hybridized carbons (Fsp3) is 0.339. The number of carbonyl (C=O) groups excluding carboxylic acids is 7. The molecular weight excluding hydrogens is 1250 g/mol. The Morgan fingerprint density at radius 1 is 0.750 bits per heavy atom. The fourth-order valence-corrected chi connectivity index (χ4v) is 15.4. The molecule has 88 heavy (non-hydrogen) atoms. The van der Waals surface area contributed by atoms with Crippen LogP contribution in [0.2, 0.25) is 0 Å². The van der Waals surface area contributed by atoms with Crippen molar-refractivity contribution in [1.29, 1.82) is 0 Å². The number of likely N-dealkylation sites (tertiary alicyclic amines) is 1. The minimum absolute atomic E-state index is 0.0243. The molecule has 3 aliphatic rings. The first-order valence-electron chi connectivity index (χ1n) is 27.4. The number of nitrogens with one attached hydrogen (secondary N) is 5. The highest BCUT2D eigenvalue weighted by atomic mass is 32.1. The number of amides is 7. The largest absolute Gasteiger partial charge is 0.473 e. The Bertz CT molecular complexity index is 4010. The second-order valence-electron chi connectivity index (χ2n) is 20.6. The van der Waals surface area contributed by atoms with Crippen LogP contribution < -0.4 is 32.3 Å². The summed E-state index contributed by atoms with van der Waals surface area (Å²) in [6, 6.07) is 7.61. The molecule has 10 bridgehead atoms. The Balaban J connectivity index is 0.975. The highest BCUT2D eigenvalue weighted by molar-refractivity contribution is 7.15. The first-order chi connectivity index (χ1) is 42.5. The van der Waals surface area contributed by atoms with E-state index in [2.05, 4.69) is 41.5 Å². The van der Waals surface area contributed by atoms with Crippen molar-refractivity contribution >= 4 is 115 Å². The van der Waals surface area contributed by atoms with Crippen LogP contribution in [0, 0.1) is 5.92 Å². The summed E-state index contributed by atoms with van der Waals surface area (Å²) in [7, 11) is 2.89. The number of aliphatic imine (C=N–C) groups is 1. The van der Waals surface area contributed by atoms with E-state index in [9.17, 15) is 43.8 Å². The summed E-state index contributed by atoms with van der Waals surface area (Å²) < 4.78 is 11.3. The van der Waals surface area contributed by atoms with E-state index >= 15 is 0 Å². The number of methoxy groups -OCH3 is 1. The van der Waals surface area contributed by atoms with Crippen molar-refractivity contribution in [3.63, 3.8) is 0 Å². The number of pyridine rings is 1. The minimum Gasteiger partial charge on any atom is -0.473 e. The number of thiazole rings is 6. The van der Waals surface area contributed by atoms with E-state index < -0.39 is 84.9 Å². The van der Waals surface area contributed by atoms with Crippen molar-refractivity contribution in [3.8, 4) is 43.4 Å². The Morgan fingerprint density at radius 2 is 1.44 bits per heavy atom. The second-order valence-corrected chi connectivity index (χ2v) is 26.2. The van der Waals surface area contributed by atoms with E-state index in [4.69, 9.17) is 40.1 Å². The molecule has 456 valence electrons. The Labute approximate surface area is 525 Å². The molecule has 0 spiro atoms. The summed E-state index contributed by atoms with van der Waals surface area (Å²) >= 11 is 6.88. The molecule has 1 fully saturated rings. The van der Waals surface area contributed by atoms with Crippen LogP contribution in [0.25, 0.3) is 43.4 Å². The molecule has 7 amide bonds. The van der Waals surface area contributed by atoms with Gasteiger partial charge in [-0.3, -0.25) is 33.6 Å². The number of benzene rings is 1. The number of carbonyl (C=O) groups is 7. The third kappa shape index (κ3) is 13.0. The molecule has 9 N–H and O–H groups in total. The molecule has 26 nitrogen and oxygen atoms in total. The van der Waals surface area contributed by atoms with Gasteiger partial charge < -0.3 is 56.9 Å². The fourth-order valence-electron chi connectivity index (χ4n) is 9.87. The molecule has 0 radical (unpaired) electrons. The Morgan fingerprint density at radius 3 is 2.19 bits per heavy atom. The molecule has 0 unspecified atom stereocenters. The van der Waals surface area contributed by atoms with Crippen LogP contribution in [0.3, 0.4) is 0 Å². The molecule has 0 aliphatic carbocycles. The number of hydrogen-bond acceptors (Lipinski definition) is 25.